The zero-order chi connectivity index (χ0) is 12.0. The van der Waals surface area contributed by atoms with Gasteiger partial charge in [0.25, 0.3) is 0 Å². The Labute approximate surface area is 95.1 Å². The summed E-state index contributed by atoms with van der Waals surface area (Å²) in [6, 6.07) is 0. The number of carboxylic acid groups (broad SMARTS) is 1. The number of hydrogen-bond donors (Lipinski definition) is 2. The fraction of sp³-hybridized carbons (Fsp3) is 0.636. The number of carboxylic acids is 1. The number of nitrogens with one attached hydrogen (secondary N) is 1. The van der Waals surface area contributed by atoms with Crippen LogP contribution in [0.25, 0.3) is 0 Å². The number of piperidine rings is 1. The van der Waals surface area contributed by atoms with Crippen molar-refractivity contribution in [2.24, 2.45) is 5.92 Å². The van der Waals surface area contributed by atoms with Crippen LogP contribution < -0.4 is 5.32 Å². The largest absolute Gasteiger partial charge is 0.480 e. The van der Waals surface area contributed by atoms with Gasteiger partial charge < -0.3 is 15.3 Å². The maximum Gasteiger partial charge on any atom is 0.323 e. The highest BCUT2D eigenvalue weighted by Crippen LogP contribution is 2.13. The van der Waals surface area contributed by atoms with E-state index in [1.165, 1.54) is 4.90 Å². The monoisotopic (exact) mass is 226 g/mol. The van der Waals surface area contributed by atoms with Crippen molar-refractivity contribution in [1.29, 1.82) is 0 Å². The second-order valence-corrected chi connectivity index (χ2v) is 3.94. The van der Waals surface area contributed by atoms with Crippen LogP contribution in [0.1, 0.15) is 12.8 Å². The van der Waals surface area contributed by atoms with Gasteiger partial charge in [-0.3, -0.25) is 9.59 Å². The quantitative estimate of drug-likeness (QED) is 0.652. The molecule has 1 atom stereocenters. The maximum atomic E-state index is 12.0. The summed E-state index contributed by atoms with van der Waals surface area (Å²) in [4.78, 5) is 24.0. The molecule has 1 aliphatic rings. The fourth-order valence-electron chi connectivity index (χ4n) is 1.87. The molecule has 16 heavy (non-hydrogen) atoms. The number of carbonyl (C=O) groups excluding carboxylic acids is 1. The van der Waals surface area contributed by atoms with Gasteiger partial charge in [-0.25, -0.2) is 0 Å². The van der Waals surface area contributed by atoms with Crippen molar-refractivity contribution in [2.75, 3.05) is 26.2 Å². The first-order valence-corrected chi connectivity index (χ1v) is 5.47. The molecule has 0 saturated carbocycles. The third-order valence-electron chi connectivity index (χ3n) is 2.63. The van der Waals surface area contributed by atoms with E-state index >= 15 is 0 Å². The van der Waals surface area contributed by atoms with E-state index in [1.807, 2.05) is 0 Å². The van der Waals surface area contributed by atoms with Gasteiger partial charge in [0.05, 0.1) is 5.92 Å². The van der Waals surface area contributed by atoms with E-state index in [-0.39, 0.29) is 18.4 Å². The molecule has 1 heterocycles. The summed E-state index contributed by atoms with van der Waals surface area (Å²) >= 11 is 0. The minimum absolute atomic E-state index is 0.0884. The third kappa shape index (κ3) is 3.66. The molecule has 90 valence electrons. The summed E-state index contributed by atoms with van der Waals surface area (Å²) in [6.07, 6.45) is 3.35. The topological polar surface area (TPSA) is 69.6 Å². The molecular weight excluding hydrogens is 208 g/mol. The minimum Gasteiger partial charge on any atom is -0.480 e. The SMILES string of the molecule is C=CCN(CC(=O)O)C(=O)[C@@H]1CCCNC1. The predicted octanol–water partition coefficient (Wildman–Crippen LogP) is 0.0852. The molecule has 0 bridgehead atoms. The molecule has 0 radical (unpaired) electrons. The molecule has 0 spiro atoms. The number of carbonyl (C=O) groups is 2. The van der Waals surface area contributed by atoms with Crippen LogP contribution in [0.5, 0.6) is 0 Å². The Morgan fingerprint density at radius 1 is 1.56 bits per heavy atom. The average Bonchev–Trinajstić information content (AvgIpc) is 2.28. The molecule has 1 amide bonds. The Morgan fingerprint density at radius 2 is 2.31 bits per heavy atom. The molecule has 5 heteroatoms. The molecule has 0 aromatic heterocycles. The standard InChI is InChI=1S/C11H18N2O3/c1-2-6-13(8-10(14)15)11(16)9-4-3-5-12-7-9/h2,9,12H,1,3-8H2,(H,14,15)/t9-/m1/s1. The van der Waals surface area contributed by atoms with Crippen LogP contribution in [-0.4, -0.2) is 48.1 Å². The first-order valence-electron chi connectivity index (χ1n) is 5.47. The Bertz CT molecular complexity index is 272. The smallest absolute Gasteiger partial charge is 0.323 e. The van der Waals surface area contributed by atoms with E-state index in [2.05, 4.69) is 11.9 Å². The molecule has 1 saturated heterocycles. The first kappa shape index (κ1) is 12.7. The van der Waals surface area contributed by atoms with E-state index in [0.717, 1.165) is 19.4 Å². The van der Waals surface area contributed by atoms with Crippen molar-refractivity contribution < 1.29 is 14.7 Å². The summed E-state index contributed by atoms with van der Waals surface area (Å²) in [5, 5.41) is 11.9. The van der Waals surface area contributed by atoms with Crippen molar-refractivity contribution in [1.82, 2.24) is 10.2 Å². The second-order valence-electron chi connectivity index (χ2n) is 3.94. The summed E-state index contributed by atoms with van der Waals surface area (Å²) in [5.74, 6) is -1.17. The highest BCUT2D eigenvalue weighted by Gasteiger charge is 2.26. The zero-order valence-corrected chi connectivity index (χ0v) is 9.32. The molecule has 0 aromatic carbocycles. The van der Waals surface area contributed by atoms with Crippen LogP contribution in [0.3, 0.4) is 0 Å². The van der Waals surface area contributed by atoms with E-state index in [1.54, 1.807) is 6.08 Å². The lowest BCUT2D eigenvalue weighted by atomic mass is 9.98. The second kappa shape index (κ2) is 6.27. The highest BCUT2D eigenvalue weighted by molar-refractivity contribution is 5.83. The van der Waals surface area contributed by atoms with Gasteiger partial charge in [-0.1, -0.05) is 6.08 Å². The fourth-order valence-corrected chi connectivity index (χ4v) is 1.87. The van der Waals surface area contributed by atoms with Gasteiger partial charge in [0, 0.05) is 13.1 Å². The molecule has 1 fully saturated rings. The Morgan fingerprint density at radius 3 is 2.81 bits per heavy atom. The molecule has 0 unspecified atom stereocenters. The normalized spacial score (nSPS) is 20.1. The molecular formula is C11H18N2O3. The van der Waals surface area contributed by atoms with Crippen LogP contribution in [0, 0.1) is 5.92 Å². The van der Waals surface area contributed by atoms with Crippen LogP contribution in [0.15, 0.2) is 12.7 Å². The molecule has 0 aliphatic carbocycles. The summed E-state index contributed by atoms with van der Waals surface area (Å²) < 4.78 is 0. The van der Waals surface area contributed by atoms with Gasteiger partial charge in [-0.05, 0) is 19.4 Å². The number of nitrogens with zero attached hydrogens (tertiary/aromatic N) is 1. The summed E-state index contributed by atoms with van der Waals surface area (Å²) in [5.41, 5.74) is 0. The van der Waals surface area contributed by atoms with E-state index in [0.29, 0.717) is 13.1 Å². The molecule has 0 aromatic rings. The van der Waals surface area contributed by atoms with Crippen molar-refractivity contribution in [2.45, 2.75) is 12.8 Å². The summed E-state index contributed by atoms with van der Waals surface area (Å²) in [6.45, 7) is 5.16. The van der Waals surface area contributed by atoms with Crippen LogP contribution in [-0.2, 0) is 9.59 Å². The molecule has 1 rings (SSSR count). The van der Waals surface area contributed by atoms with Crippen LogP contribution in [0.2, 0.25) is 0 Å². The number of aliphatic carboxylic acids is 1. The molecule has 5 nitrogen and oxygen atoms in total. The lowest BCUT2D eigenvalue weighted by molar-refractivity contribution is -0.146. The van der Waals surface area contributed by atoms with Crippen LogP contribution >= 0.6 is 0 Å². The molecule has 1 aliphatic heterocycles. The van der Waals surface area contributed by atoms with Gasteiger partial charge in [0.1, 0.15) is 6.54 Å². The zero-order valence-electron chi connectivity index (χ0n) is 9.32. The van der Waals surface area contributed by atoms with Crippen molar-refractivity contribution in [3.05, 3.63) is 12.7 Å². The van der Waals surface area contributed by atoms with Gasteiger partial charge in [0.2, 0.25) is 5.91 Å². The molecule has 2 N–H and O–H groups in total. The number of rotatable bonds is 5. The number of amides is 1. The van der Waals surface area contributed by atoms with Gasteiger partial charge in [-0.15, -0.1) is 6.58 Å². The minimum atomic E-state index is -0.987. The van der Waals surface area contributed by atoms with Crippen molar-refractivity contribution in [3.63, 3.8) is 0 Å². The van der Waals surface area contributed by atoms with E-state index in [9.17, 15) is 9.59 Å². The Hall–Kier alpha value is -1.36. The van der Waals surface area contributed by atoms with Crippen LogP contribution in [0.4, 0.5) is 0 Å². The highest BCUT2D eigenvalue weighted by atomic mass is 16.4. The lowest BCUT2D eigenvalue weighted by Gasteiger charge is -2.27. The van der Waals surface area contributed by atoms with Crippen molar-refractivity contribution in [3.8, 4) is 0 Å². The Kier molecular flexibility index (Phi) is 4.98. The van der Waals surface area contributed by atoms with Gasteiger partial charge >= 0.3 is 5.97 Å². The first-order chi connectivity index (χ1) is 7.65. The predicted molar refractivity (Wildman–Crippen MR) is 60.0 cm³/mol. The van der Waals surface area contributed by atoms with Gasteiger partial charge in [0.15, 0.2) is 0 Å². The van der Waals surface area contributed by atoms with Gasteiger partial charge in [-0.2, -0.15) is 0 Å². The number of hydrogen-bond acceptors (Lipinski definition) is 3. The van der Waals surface area contributed by atoms with E-state index in [4.69, 9.17) is 5.11 Å². The van der Waals surface area contributed by atoms with E-state index < -0.39 is 5.97 Å². The Balaban J connectivity index is 2.57. The summed E-state index contributed by atoms with van der Waals surface area (Å²) in [7, 11) is 0. The maximum absolute atomic E-state index is 12.0. The third-order valence-corrected chi connectivity index (χ3v) is 2.63. The average molecular weight is 226 g/mol. The van der Waals surface area contributed by atoms with Crippen molar-refractivity contribution >= 4 is 11.9 Å². The lowest BCUT2D eigenvalue weighted by Crippen LogP contribution is -2.44.